The quantitative estimate of drug-likeness (QED) is 0.751. The lowest BCUT2D eigenvalue weighted by atomic mass is 10.3. The normalized spacial score (nSPS) is 11.2. The van der Waals surface area contributed by atoms with Gasteiger partial charge in [0.25, 0.3) is 0 Å². The van der Waals surface area contributed by atoms with Gasteiger partial charge in [0.2, 0.25) is 0 Å². The van der Waals surface area contributed by atoms with E-state index in [1.807, 2.05) is 35.0 Å². The predicted octanol–water partition coefficient (Wildman–Crippen LogP) is 3.11. The number of rotatable bonds is 1. The third-order valence-electron chi connectivity index (χ3n) is 2.52. The number of halogens is 1. The highest BCUT2D eigenvalue weighted by Crippen LogP contribution is 2.28. The van der Waals surface area contributed by atoms with Crippen LogP contribution in [0.25, 0.3) is 17.0 Å². The third kappa shape index (κ3) is 1.73. The molecule has 0 aromatic carbocycles. The lowest BCUT2D eigenvalue weighted by Gasteiger charge is -2.00. The van der Waals surface area contributed by atoms with Crippen LogP contribution in [0.5, 0.6) is 0 Å². The van der Waals surface area contributed by atoms with Crippen LogP contribution in [0.2, 0.25) is 0 Å². The van der Waals surface area contributed by atoms with E-state index in [-0.39, 0.29) is 0 Å². The van der Waals surface area contributed by atoms with Crippen molar-refractivity contribution >= 4 is 38.0 Å². The van der Waals surface area contributed by atoms with Crippen molar-refractivity contribution in [3.05, 3.63) is 33.9 Å². The van der Waals surface area contributed by atoms with Gasteiger partial charge in [-0.3, -0.25) is 4.40 Å². The topological polar surface area (TPSA) is 56.2 Å². The van der Waals surface area contributed by atoms with Crippen LogP contribution >= 0.6 is 27.3 Å². The molecule has 0 aliphatic carbocycles. The van der Waals surface area contributed by atoms with E-state index in [2.05, 4.69) is 25.9 Å². The molecule has 0 radical (unpaired) electrons. The molecule has 0 saturated heterocycles. The number of nitrogens with two attached hydrogens (primary N) is 1. The molecule has 3 aromatic rings. The summed E-state index contributed by atoms with van der Waals surface area (Å²) < 4.78 is 3.03. The van der Waals surface area contributed by atoms with Crippen LogP contribution in [-0.2, 0) is 0 Å². The number of hydrogen-bond donors (Lipinski definition) is 1. The third-order valence-corrected chi connectivity index (χ3v) is 3.66. The van der Waals surface area contributed by atoms with Crippen molar-refractivity contribution in [2.45, 2.75) is 6.92 Å². The Kier molecular flexibility index (Phi) is 2.41. The minimum Gasteiger partial charge on any atom is -0.375 e. The molecule has 0 atom stereocenters. The molecule has 0 aliphatic heterocycles. The Morgan fingerprint density at radius 2 is 2.18 bits per heavy atom. The van der Waals surface area contributed by atoms with Crippen LogP contribution in [0.4, 0.5) is 5.13 Å². The van der Waals surface area contributed by atoms with Gasteiger partial charge in [-0.15, -0.1) is 11.3 Å². The molecule has 3 rings (SSSR count). The summed E-state index contributed by atoms with van der Waals surface area (Å²) in [5, 5.41) is 2.52. The molecule has 2 N–H and O–H groups in total. The zero-order valence-corrected chi connectivity index (χ0v) is 11.4. The van der Waals surface area contributed by atoms with Gasteiger partial charge in [0.15, 0.2) is 5.13 Å². The Balaban J connectivity index is 2.34. The maximum absolute atomic E-state index is 5.68. The van der Waals surface area contributed by atoms with E-state index in [1.54, 1.807) is 0 Å². The first kappa shape index (κ1) is 10.7. The van der Waals surface area contributed by atoms with Crippen molar-refractivity contribution in [2.75, 3.05) is 5.73 Å². The average molecular weight is 309 g/mol. The predicted molar refractivity (Wildman–Crippen MR) is 73.1 cm³/mol. The maximum atomic E-state index is 5.68. The second-order valence-corrected chi connectivity index (χ2v) is 5.50. The molecule has 0 aliphatic rings. The molecular formula is C11H9BrN4S. The van der Waals surface area contributed by atoms with E-state index in [0.29, 0.717) is 5.13 Å². The standard InChI is InChI=1S/C11H9BrN4S/c1-6-10(8-5-17-11(13)15-8)16-4-7(12)2-3-9(16)14-6/h2-5H,1H3,(H2,13,15). The number of nitrogens with zero attached hydrogens (tertiary/aromatic N) is 3. The van der Waals surface area contributed by atoms with Crippen LogP contribution in [0.3, 0.4) is 0 Å². The van der Waals surface area contributed by atoms with Gasteiger partial charge in [0.1, 0.15) is 11.3 Å². The first-order valence-corrected chi connectivity index (χ1v) is 6.68. The Morgan fingerprint density at radius 1 is 1.35 bits per heavy atom. The highest BCUT2D eigenvalue weighted by Gasteiger charge is 2.13. The van der Waals surface area contributed by atoms with E-state index in [4.69, 9.17) is 5.73 Å². The van der Waals surface area contributed by atoms with Crippen molar-refractivity contribution in [1.82, 2.24) is 14.4 Å². The van der Waals surface area contributed by atoms with Gasteiger partial charge in [-0.05, 0) is 35.0 Å². The number of aromatic nitrogens is 3. The fourth-order valence-electron chi connectivity index (χ4n) is 1.84. The van der Waals surface area contributed by atoms with Gasteiger partial charge in [-0.1, -0.05) is 0 Å². The lowest BCUT2D eigenvalue weighted by Crippen LogP contribution is -1.90. The molecule has 0 saturated carbocycles. The number of hydrogen-bond acceptors (Lipinski definition) is 4. The first-order chi connectivity index (χ1) is 8.15. The Hall–Kier alpha value is -1.40. The maximum Gasteiger partial charge on any atom is 0.180 e. The summed E-state index contributed by atoms with van der Waals surface area (Å²) in [5.41, 5.74) is 9.40. The molecular weight excluding hydrogens is 300 g/mol. The number of anilines is 1. The Labute approximate surface area is 110 Å². The van der Waals surface area contributed by atoms with E-state index in [9.17, 15) is 0 Å². The molecule has 0 amide bonds. The SMILES string of the molecule is Cc1nc2ccc(Br)cn2c1-c1csc(N)n1. The molecule has 0 bridgehead atoms. The van der Waals surface area contributed by atoms with Crippen molar-refractivity contribution in [3.8, 4) is 11.4 Å². The molecule has 3 heterocycles. The molecule has 4 nitrogen and oxygen atoms in total. The summed E-state index contributed by atoms with van der Waals surface area (Å²) in [6.45, 7) is 1.98. The van der Waals surface area contributed by atoms with Crippen molar-refractivity contribution in [3.63, 3.8) is 0 Å². The summed E-state index contributed by atoms with van der Waals surface area (Å²) in [6, 6.07) is 3.94. The molecule has 0 fully saturated rings. The minimum atomic E-state index is 0.573. The average Bonchev–Trinajstić information content (AvgIpc) is 2.81. The molecule has 0 spiro atoms. The smallest absolute Gasteiger partial charge is 0.180 e. The molecule has 17 heavy (non-hydrogen) atoms. The molecule has 0 unspecified atom stereocenters. The van der Waals surface area contributed by atoms with Crippen LogP contribution in [0.15, 0.2) is 28.2 Å². The van der Waals surface area contributed by atoms with Crippen LogP contribution in [0.1, 0.15) is 5.69 Å². The zero-order valence-electron chi connectivity index (χ0n) is 9.01. The summed E-state index contributed by atoms with van der Waals surface area (Å²) >= 11 is 4.90. The molecule has 6 heteroatoms. The first-order valence-electron chi connectivity index (χ1n) is 5.01. The van der Waals surface area contributed by atoms with Gasteiger partial charge < -0.3 is 5.73 Å². The van der Waals surface area contributed by atoms with E-state index in [1.165, 1.54) is 11.3 Å². The van der Waals surface area contributed by atoms with Crippen molar-refractivity contribution < 1.29 is 0 Å². The fraction of sp³-hybridized carbons (Fsp3) is 0.0909. The largest absolute Gasteiger partial charge is 0.375 e. The number of pyridine rings is 1. The summed E-state index contributed by atoms with van der Waals surface area (Å²) in [4.78, 5) is 8.82. The highest BCUT2D eigenvalue weighted by atomic mass is 79.9. The van der Waals surface area contributed by atoms with Gasteiger partial charge in [0, 0.05) is 16.0 Å². The summed E-state index contributed by atoms with van der Waals surface area (Å²) in [7, 11) is 0. The fourth-order valence-corrected chi connectivity index (χ4v) is 2.73. The molecule has 3 aromatic heterocycles. The van der Waals surface area contributed by atoms with Crippen molar-refractivity contribution in [2.24, 2.45) is 0 Å². The number of aryl methyl sites for hydroxylation is 1. The number of fused-ring (bicyclic) bond motifs is 1. The van der Waals surface area contributed by atoms with Gasteiger partial charge >= 0.3 is 0 Å². The van der Waals surface area contributed by atoms with Crippen LogP contribution in [0, 0.1) is 6.92 Å². The monoisotopic (exact) mass is 308 g/mol. The van der Waals surface area contributed by atoms with Crippen LogP contribution in [-0.4, -0.2) is 14.4 Å². The van der Waals surface area contributed by atoms with E-state index >= 15 is 0 Å². The molecule has 86 valence electrons. The minimum absolute atomic E-state index is 0.573. The number of thiazole rings is 1. The zero-order chi connectivity index (χ0) is 12.0. The number of nitrogen functional groups attached to an aromatic ring is 1. The van der Waals surface area contributed by atoms with Gasteiger partial charge in [-0.2, -0.15) is 0 Å². The Bertz CT molecular complexity index is 701. The Morgan fingerprint density at radius 3 is 2.88 bits per heavy atom. The van der Waals surface area contributed by atoms with Gasteiger partial charge in [-0.25, -0.2) is 9.97 Å². The van der Waals surface area contributed by atoms with Gasteiger partial charge in [0.05, 0.1) is 11.4 Å². The number of imidazole rings is 1. The van der Waals surface area contributed by atoms with E-state index < -0.39 is 0 Å². The van der Waals surface area contributed by atoms with Crippen molar-refractivity contribution in [1.29, 1.82) is 0 Å². The van der Waals surface area contributed by atoms with E-state index in [0.717, 1.165) is 27.2 Å². The second-order valence-electron chi connectivity index (χ2n) is 3.69. The second kappa shape index (κ2) is 3.82. The summed E-state index contributed by atoms with van der Waals surface area (Å²) in [6.07, 6.45) is 1.99. The highest BCUT2D eigenvalue weighted by molar-refractivity contribution is 9.10. The summed E-state index contributed by atoms with van der Waals surface area (Å²) in [5.74, 6) is 0. The van der Waals surface area contributed by atoms with Crippen LogP contribution < -0.4 is 5.73 Å². The lowest BCUT2D eigenvalue weighted by molar-refractivity contribution is 1.16.